The molecule has 2 rings (SSSR count). The Balaban J connectivity index is 2.23. The molecule has 21 heavy (non-hydrogen) atoms. The summed E-state index contributed by atoms with van der Waals surface area (Å²) < 4.78 is 41.9. The SMILES string of the molecule is Cc1cc(F)ccc1C(=O)Nc1ccccc1OC(F)F. The van der Waals surface area contributed by atoms with Crippen LogP contribution in [0.3, 0.4) is 0 Å². The molecule has 0 bridgehead atoms. The number of carbonyl (C=O) groups excluding carboxylic acids is 1. The summed E-state index contributed by atoms with van der Waals surface area (Å²) in [5.74, 6) is -1.12. The Hall–Kier alpha value is -2.50. The summed E-state index contributed by atoms with van der Waals surface area (Å²) in [6.07, 6.45) is 0. The molecule has 0 radical (unpaired) electrons. The normalized spacial score (nSPS) is 10.5. The molecule has 1 N–H and O–H groups in total. The van der Waals surface area contributed by atoms with Gasteiger partial charge in [-0.25, -0.2) is 4.39 Å². The summed E-state index contributed by atoms with van der Waals surface area (Å²) in [7, 11) is 0. The first kappa shape index (κ1) is 14.9. The highest BCUT2D eigenvalue weighted by atomic mass is 19.3. The van der Waals surface area contributed by atoms with Crippen LogP contribution in [0.2, 0.25) is 0 Å². The van der Waals surface area contributed by atoms with E-state index in [-0.39, 0.29) is 17.0 Å². The second-order valence-electron chi connectivity index (χ2n) is 4.29. The van der Waals surface area contributed by atoms with Gasteiger partial charge in [0.25, 0.3) is 5.91 Å². The van der Waals surface area contributed by atoms with E-state index in [9.17, 15) is 18.0 Å². The summed E-state index contributed by atoms with van der Waals surface area (Å²) in [5, 5.41) is 2.47. The van der Waals surface area contributed by atoms with Crippen LogP contribution < -0.4 is 10.1 Å². The van der Waals surface area contributed by atoms with Gasteiger partial charge in [-0.15, -0.1) is 0 Å². The van der Waals surface area contributed by atoms with E-state index in [0.717, 1.165) is 6.07 Å². The summed E-state index contributed by atoms with van der Waals surface area (Å²) in [6, 6.07) is 9.55. The second-order valence-corrected chi connectivity index (χ2v) is 4.29. The van der Waals surface area contributed by atoms with Crippen LogP contribution in [-0.2, 0) is 0 Å². The number of rotatable bonds is 4. The molecule has 0 heterocycles. The smallest absolute Gasteiger partial charge is 0.387 e. The second kappa shape index (κ2) is 6.30. The van der Waals surface area contributed by atoms with Gasteiger partial charge in [0.1, 0.15) is 11.6 Å². The number of hydrogen-bond donors (Lipinski definition) is 1. The average molecular weight is 295 g/mol. The maximum Gasteiger partial charge on any atom is 0.387 e. The zero-order valence-corrected chi connectivity index (χ0v) is 11.1. The van der Waals surface area contributed by atoms with E-state index in [1.165, 1.54) is 30.3 Å². The molecule has 0 aliphatic heterocycles. The predicted octanol–water partition coefficient (Wildman–Crippen LogP) is 3.99. The summed E-state index contributed by atoms with van der Waals surface area (Å²) in [6.45, 7) is -1.41. The summed E-state index contributed by atoms with van der Waals surface area (Å²) >= 11 is 0. The maximum absolute atomic E-state index is 13.0. The number of benzene rings is 2. The van der Waals surface area contributed by atoms with Gasteiger partial charge in [-0.1, -0.05) is 12.1 Å². The Morgan fingerprint density at radius 3 is 2.57 bits per heavy atom. The third-order valence-electron chi connectivity index (χ3n) is 2.78. The van der Waals surface area contributed by atoms with E-state index in [2.05, 4.69) is 10.1 Å². The molecule has 0 saturated heterocycles. The van der Waals surface area contributed by atoms with E-state index in [4.69, 9.17) is 0 Å². The van der Waals surface area contributed by atoms with Crippen molar-refractivity contribution in [2.45, 2.75) is 13.5 Å². The largest absolute Gasteiger partial charge is 0.433 e. The first-order valence-corrected chi connectivity index (χ1v) is 6.08. The van der Waals surface area contributed by atoms with Gasteiger partial charge < -0.3 is 10.1 Å². The molecule has 0 saturated carbocycles. The van der Waals surface area contributed by atoms with Crippen LogP contribution in [0.5, 0.6) is 5.75 Å². The number of alkyl halides is 2. The quantitative estimate of drug-likeness (QED) is 0.926. The summed E-state index contributed by atoms with van der Waals surface area (Å²) in [5.41, 5.74) is 0.814. The number of ether oxygens (including phenoxy) is 1. The molecule has 0 spiro atoms. The van der Waals surface area contributed by atoms with Crippen molar-refractivity contribution in [1.82, 2.24) is 0 Å². The maximum atomic E-state index is 13.0. The van der Waals surface area contributed by atoms with Gasteiger partial charge in [-0.2, -0.15) is 8.78 Å². The van der Waals surface area contributed by atoms with Crippen LogP contribution in [0, 0.1) is 12.7 Å². The fourth-order valence-corrected chi connectivity index (χ4v) is 1.84. The number of nitrogens with one attached hydrogen (secondary N) is 1. The van der Waals surface area contributed by atoms with Crippen LogP contribution in [-0.4, -0.2) is 12.5 Å². The number of anilines is 1. The lowest BCUT2D eigenvalue weighted by Gasteiger charge is -2.12. The lowest BCUT2D eigenvalue weighted by molar-refractivity contribution is -0.0493. The molecular formula is C15H12F3NO2. The van der Waals surface area contributed by atoms with Gasteiger partial charge >= 0.3 is 6.61 Å². The minimum absolute atomic E-state index is 0.117. The molecule has 0 aromatic heterocycles. The highest BCUT2D eigenvalue weighted by molar-refractivity contribution is 6.05. The molecule has 1 amide bonds. The van der Waals surface area contributed by atoms with Gasteiger partial charge in [0.05, 0.1) is 5.69 Å². The Labute approximate surface area is 119 Å². The van der Waals surface area contributed by atoms with Crippen molar-refractivity contribution in [1.29, 1.82) is 0 Å². The molecule has 0 unspecified atom stereocenters. The first-order chi connectivity index (χ1) is 9.97. The van der Waals surface area contributed by atoms with Crippen LogP contribution in [0.25, 0.3) is 0 Å². The zero-order chi connectivity index (χ0) is 15.4. The van der Waals surface area contributed by atoms with Crippen molar-refractivity contribution in [2.24, 2.45) is 0 Å². The molecule has 3 nitrogen and oxygen atoms in total. The molecular weight excluding hydrogens is 283 g/mol. The van der Waals surface area contributed by atoms with Crippen molar-refractivity contribution in [3.05, 3.63) is 59.4 Å². The molecule has 2 aromatic rings. The number of hydrogen-bond acceptors (Lipinski definition) is 2. The lowest BCUT2D eigenvalue weighted by atomic mass is 10.1. The lowest BCUT2D eigenvalue weighted by Crippen LogP contribution is -2.15. The highest BCUT2D eigenvalue weighted by Gasteiger charge is 2.14. The Kier molecular flexibility index (Phi) is 4.47. The fraction of sp³-hybridized carbons (Fsp3) is 0.133. The third kappa shape index (κ3) is 3.75. The van der Waals surface area contributed by atoms with Gasteiger partial charge in [-0.3, -0.25) is 4.79 Å². The number of aryl methyl sites for hydroxylation is 1. The van der Waals surface area contributed by atoms with E-state index >= 15 is 0 Å². The van der Waals surface area contributed by atoms with Gasteiger partial charge in [0.15, 0.2) is 0 Å². The van der Waals surface area contributed by atoms with E-state index < -0.39 is 18.3 Å². The molecule has 0 aliphatic carbocycles. The fourth-order valence-electron chi connectivity index (χ4n) is 1.84. The minimum atomic E-state index is -2.99. The monoisotopic (exact) mass is 295 g/mol. The molecule has 0 aliphatic rings. The van der Waals surface area contributed by atoms with Crippen molar-refractivity contribution in [3.63, 3.8) is 0 Å². The zero-order valence-electron chi connectivity index (χ0n) is 11.1. The molecule has 6 heteroatoms. The number of amides is 1. The van der Waals surface area contributed by atoms with E-state index in [0.29, 0.717) is 5.56 Å². The van der Waals surface area contributed by atoms with Crippen molar-refractivity contribution in [2.75, 3.05) is 5.32 Å². The van der Waals surface area contributed by atoms with Crippen molar-refractivity contribution >= 4 is 11.6 Å². The molecule has 0 fully saturated rings. The van der Waals surface area contributed by atoms with Crippen LogP contribution in [0.1, 0.15) is 15.9 Å². The van der Waals surface area contributed by atoms with Crippen LogP contribution in [0.15, 0.2) is 42.5 Å². The Morgan fingerprint density at radius 2 is 1.90 bits per heavy atom. The number of para-hydroxylation sites is 2. The van der Waals surface area contributed by atoms with Gasteiger partial charge in [0, 0.05) is 5.56 Å². The van der Waals surface area contributed by atoms with Gasteiger partial charge in [0.2, 0.25) is 0 Å². The third-order valence-corrected chi connectivity index (χ3v) is 2.78. The van der Waals surface area contributed by atoms with Gasteiger partial charge in [-0.05, 0) is 42.8 Å². The molecule has 2 aromatic carbocycles. The first-order valence-electron chi connectivity index (χ1n) is 6.08. The van der Waals surface area contributed by atoms with Crippen molar-refractivity contribution in [3.8, 4) is 5.75 Å². The molecule has 110 valence electrons. The Morgan fingerprint density at radius 1 is 1.19 bits per heavy atom. The predicted molar refractivity (Wildman–Crippen MR) is 72.2 cm³/mol. The van der Waals surface area contributed by atoms with Crippen LogP contribution >= 0.6 is 0 Å². The average Bonchev–Trinajstić information content (AvgIpc) is 2.40. The Bertz CT molecular complexity index is 659. The van der Waals surface area contributed by atoms with E-state index in [1.807, 2.05) is 0 Å². The molecule has 0 atom stereocenters. The van der Waals surface area contributed by atoms with Crippen molar-refractivity contribution < 1.29 is 22.7 Å². The number of halogens is 3. The summed E-state index contributed by atoms with van der Waals surface area (Å²) in [4.78, 5) is 12.1. The van der Waals surface area contributed by atoms with Crippen LogP contribution in [0.4, 0.5) is 18.9 Å². The highest BCUT2D eigenvalue weighted by Crippen LogP contribution is 2.26. The standard InChI is InChI=1S/C15H12F3NO2/c1-9-8-10(16)6-7-11(9)14(20)19-12-4-2-3-5-13(12)21-15(17)18/h2-8,15H,1H3,(H,19,20). The number of carbonyl (C=O) groups is 1. The minimum Gasteiger partial charge on any atom is -0.433 e. The van der Waals surface area contributed by atoms with E-state index in [1.54, 1.807) is 13.0 Å². The topological polar surface area (TPSA) is 38.3 Å².